The van der Waals surface area contributed by atoms with Crippen molar-refractivity contribution in [3.63, 3.8) is 0 Å². The van der Waals surface area contributed by atoms with Crippen LogP contribution in [-0.4, -0.2) is 9.97 Å². The predicted octanol–water partition coefficient (Wildman–Crippen LogP) is 8.58. The molecule has 0 amide bonds. The van der Waals surface area contributed by atoms with E-state index in [-0.39, 0.29) is 5.56 Å². The number of rotatable bonds is 20. The van der Waals surface area contributed by atoms with Gasteiger partial charge in [0.2, 0.25) is 0 Å². The molecule has 0 aliphatic carbocycles. The molecule has 1 aromatic rings. The average Bonchev–Trinajstić information content (AvgIpc) is 2.72. The quantitative estimate of drug-likeness (QED) is 0.159. The molecular formula is C26H48N2OS. The fourth-order valence-corrected chi connectivity index (χ4v) is 4.57. The largest absolute Gasteiger partial charge is 0.336 e. The van der Waals surface area contributed by atoms with Gasteiger partial charge in [0.1, 0.15) is 0 Å². The van der Waals surface area contributed by atoms with Crippen molar-refractivity contribution in [3.8, 4) is 0 Å². The van der Waals surface area contributed by atoms with Gasteiger partial charge in [-0.15, -0.1) is 0 Å². The third kappa shape index (κ3) is 13.4. The van der Waals surface area contributed by atoms with Gasteiger partial charge < -0.3 is 4.98 Å². The highest BCUT2D eigenvalue weighted by Gasteiger charge is 2.06. The van der Waals surface area contributed by atoms with Gasteiger partial charge in [-0.3, -0.25) is 9.78 Å². The lowest BCUT2D eigenvalue weighted by molar-refractivity contribution is 0.524. The fraction of sp³-hybridized carbons (Fsp3) is 0.846. The minimum atomic E-state index is -0.0151. The Morgan fingerprint density at radius 3 is 1.40 bits per heavy atom. The number of H-pyrrole nitrogens is 2. The van der Waals surface area contributed by atoms with Crippen LogP contribution in [0.5, 0.6) is 0 Å². The third-order valence-electron chi connectivity index (χ3n) is 6.26. The van der Waals surface area contributed by atoms with Crippen LogP contribution in [0.2, 0.25) is 0 Å². The van der Waals surface area contributed by atoms with Crippen LogP contribution in [0.4, 0.5) is 0 Å². The molecule has 0 bridgehead atoms. The first-order chi connectivity index (χ1) is 14.7. The maximum Gasteiger partial charge on any atom is 0.255 e. The molecule has 1 heterocycles. The highest BCUT2D eigenvalue weighted by atomic mass is 32.1. The van der Waals surface area contributed by atoms with E-state index in [1.54, 1.807) is 0 Å². The van der Waals surface area contributed by atoms with Gasteiger partial charge in [-0.1, -0.05) is 123 Å². The first-order valence-electron chi connectivity index (χ1n) is 13.0. The zero-order valence-corrected chi connectivity index (χ0v) is 20.8. The topological polar surface area (TPSA) is 48.6 Å². The highest BCUT2D eigenvalue weighted by Crippen LogP contribution is 2.15. The molecule has 0 aliphatic rings. The van der Waals surface area contributed by atoms with Crippen molar-refractivity contribution < 1.29 is 0 Å². The zero-order chi connectivity index (χ0) is 21.9. The maximum atomic E-state index is 11.9. The molecule has 0 fully saturated rings. The Labute approximate surface area is 190 Å². The summed E-state index contributed by atoms with van der Waals surface area (Å²) >= 11 is 5.11. The van der Waals surface area contributed by atoms with Crippen LogP contribution in [0.25, 0.3) is 0 Å². The monoisotopic (exact) mass is 436 g/mol. The smallest absolute Gasteiger partial charge is 0.255 e. The average molecular weight is 437 g/mol. The summed E-state index contributed by atoms with van der Waals surface area (Å²) in [6.45, 7) is 4.32. The first-order valence-corrected chi connectivity index (χ1v) is 13.4. The van der Waals surface area contributed by atoms with Gasteiger partial charge in [0.15, 0.2) is 4.77 Å². The summed E-state index contributed by atoms with van der Waals surface area (Å²) in [4.78, 5) is 17.8. The molecule has 1 rings (SSSR count). The second kappa shape index (κ2) is 18.8. The molecule has 4 heteroatoms. The van der Waals surface area contributed by atoms with E-state index in [2.05, 4.69) is 16.9 Å². The summed E-state index contributed by atoms with van der Waals surface area (Å²) < 4.78 is 0.453. The van der Waals surface area contributed by atoms with E-state index in [0.717, 1.165) is 30.5 Å². The highest BCUT2D eigenvalue weighted by molar-refractivity contribution is 7.71. The van der Waals surface area contributed by atoms with Gasteiger partial charge in [-0.2, -0.15) is 0 Å². The van der Waals surface area contributed by atoms with Crippen LogP contribution >= 0.6 is 12.2 Å². The van der Waals surface area contributed by atoms with Gasteiger partial charge in [0.05, 0.1) is 0 Å². The minimum Gasteiger partial charge on any atom is -0.336 e. The van der Waals surface area contributed by atoms with Crippen molar-refractivity contribution >= 4 is 12.2 Å². The van der Waals surface area contributed by atoms with Gasteiger partial charge in [-0.25, -0.2) is 0 Å². The minimum absolute atomic E-state index is 0.0151. The van der Waals surface area contributed by atoms with E-state index in [0.29, 0.717) is 4.77 Å². The summed E-state index contributed by atoms with van der Waals surface area (Å²) in [7, 11) is 0. The SMILES string of the molecule is CCCCCCCCCCCCCCCCCCCCc1[nH]c(=S)[nH]c(=O)c1CC. The molecule has 1 aromatic heterocycles. The normalized spacial score (nSPS) is 11.3. The van der Waals surface area contributed by atoms with Crippen molar-refractivity contribution in [1.29, 1.82) is 0 Å². The standard InChI is InChI=1S/C26H48N2OS/c1-3-5-6-7-8-9-10-11-12-13-14-15-16-17-18-19-20-21-22-24-23(4-2)25(29)28-26(30)27-24/h3-22H2,1-2H3,(H2,27,28,29,30). The Morgan fingerprint density at radius 2 is 1.00 bits per heavy atom. The van der Waals surface area contributed by atoms with Crippen molar-refractivity contribution in [2.24, 2.45) is 0 Å². The predicted molar refractivity (Wildman–Crippen MR) is 134 cm³/mol. The number of aromatic nitrogens is 2. The number of unbranched alkanes of at least 4 members (excludes halogenated alkanes) is 17. The van der Waals surface area contributed by atoms with Crippen LogP contribution in [0, 0.1) is 4.77 Å². The second-order valence-corrected chi connectivity index (χ2v) is 9.39. The number of hydrogen-bond acceptors (Lipinski definition) is 2. The number of hydrogen-bond donors (Lipinski definition) is 2. The van der Waals surface area contributed by atoms with E-state index in [1.807, 2.05) is 6.92 Å². The number of nitrogens with one attached hydrogen (secondary N) is 2. The van der Waals surface area contributed by atoms with Crippen LogP contribution in [0.1, 0.15) is 141 Å². The second-order valence-electron chi connectivity index (χ2n) is 8.98. The summed E-state index contributed by atoms with van der Waals surface area (Å²) in [6, 6.07) is 0. The molecule has 174 valence electrons. The van der Waals surface area contributed by atoms with E-state index in [1.165, 1.54) is 109 Å². The number of aryl methyl sites for hydroxylation is 1. The lowest BCUT2D eigenvalue weighted by Gasteiger charge is -2.07. The number of aromatic amines is 2. The lowest BCUT2D eigenvalue weighted by Crippen LogP contribution is -2.17. The summed E-state index contributed by atoms with van der Waals surface area (Å²) in [5.41, 5.74) is 1.90. The molecule has 0 aliphatic heterocycles. The van der Waals surface area contributed by atoms with Gasteiger partial charge in [0.25, 0.3) is 5.56 Å². The molecule has 3 nitrogen and oxygen atoms in total. The Morgan fingerprint density at radius 1 is 0.600 bits per heavy atom. The van der Waals surface area contributed by atoms with E-state index in [9.17, 15) is 4.79 Å². The van der Waals surface area contributed by atoms with Gasteiger partial charge in [-0.05, 0) is 31.5 Å². The molecule has 0 atom stereocenters. The summed E-state index contributed by atoms with van der Waals surface area (Å²) in [5.74, 6) is 0. The van der Waals surface area contributed by atoms with Crippen molar-refractivity contribution in [2.75, 3.05) is 0 Å². The summed E-state index contributed by atoms with van der Waals surface area (Å²) in [6.07, 6.45) is 26.7. The molecule has 0 saturated carbocycles. The zero-order valence-electron chi connectivity index (χ0n) is 20.0. The fourth-order valence-electron chi connectivity index (χ4n) is 4.35. The van der Waals surface area contributed by atoms with Crippen LogP contribution in [-0.2, 0) is 12.8 Å². The van der Waals surface area contributed by atoms with E-state index < -0.39 is 0 Å². The van der Waals surface area contributed by atoms with Crippen molar-refractivity contribution in [1.82, 2.24) is 9.97 Å². The molecule has 30 heavy (non-hydrogen) atoms. The van der Waals surface area contributed by atoms with Crippen LogP contribution in [0.3, 0.4) is 0 Å². The Bertz CT molecular complexity index is 635. The first kappa shape index (κ1) is 27.1. The Hall–Kier alpha value is -0.900. The molecule has 0 aromatic carbocycles. The van der Waals surface area contributed by atoms with Crippen molar-refractivity contribution in [3.05, 3.63) is 26.4 Å². The Kier molecular flexibility index (Phi) is 17.0. The maximum absolute atomic E-state index is 11.9. The van der Waals surface area contributed by atoms with Crippen LogP contribution < -0.4 is 5.56 Å². The molecule has 0 unspecified atom stereocenters. The van der Waals surface area contributed by atoms with E-state index in [4.69, 9.17) is 12.2 Å². The molecule has 2 N–H and O–H groups in total. The summed E-state index contributed by atoms with van der Waals surface area (Å²) in [5, 5.41) is 0. The van der Waals surface area contributed by atoms with Gasteiger partial charge >= 0.3 is 0 Å². The molecule has 0 saturated heterocycles. The van der Waals surface area contributed by atoms with Gasteiger partial charge in [0, 0.05) is 11.3 Å². The van der Waals surface area contributed by atoms with E-state index >= 15 is 0 Å². The van der Waals surface area contributed by atoms with Crippen molar-refractivity contribution in [2.45, 2.75) is 142 Å². The molecule has 0 radical (unpaired) electrons. The third-order valence-corrected chi connectivity index (χ3v) is 6.47. The molecule has 0 spiro atoms. The molecular weight excluding hydrogens is 388 g/mol. The van der Waals surface area contributed by atoms with Crippen LogP contribution in [0.15, 0.2) is 4.79 Å². The lowest BCUT2D eigenvalue weighted by atomic mass is 10.0. The Balaban J connectivity index is 1.87.